The van der Waals surface area contributed by atoms with E-state index in [2.05, 4.69) is 32.4 Å². The summed E-state index contributed by atoms with van der Waals surface area (Å²) in [4.78, 5) is 11.8. The molecule has 0 spiro atoms. The van der Waals surface area contributed by atoms with Gasteiger partial charge in [-0.3, -0.25) is 0 Å². The summed E-state index contributed by atoms with van der Waals surface area (Å²) < 4.78 is 13.3. The molecular formula is C15H20FN5. The summed E-state index contributed by atoms with van der Waals surface area (Å²) in [5, 5.41) is 3.14. The lowest BCUT2D eigenvalue weighted by Crippen LogP contribution is -2.19. The number of hydrogen-bond donors (Lipinski definition) is 2. The average Bonchev–Trinajstić information content (AvgIpc) is 2.45. The molecule has 1 heterocycles. The van der Waals surface area contributed by atoms with Gasteiger partial charge in [-0.25, -0.2) is 4.39 Å². The molecule has 21 heavy (non-hydrogen) atoms. The Kier molecular flexibility index (Phi) is 5.03. The molecule has 1 aromatic carbocycles. The molecule has 0 amide bonds. The highest BCUT2D eigenvalue weighted by Crippen LogP contribution is 2.15. The number of nitrogens with two attached hydrogens (primary N) is 1. The van der Waals surface area contributed by atoms with Gasteiger partial charge < -0.3 is 11.1 Å². The van der Waals surface area contributed by atoms with Crippen LogP contribution in [0.5, 0.6) is 0 Å². The maximum atomic E-state index is 13.3. The van der Waals surface area contributed by atoms with Crippen LogP contribution >= 0.6 is 0 Å². The fourth-order valence-corrected chi connectivity index (χ4v) is 1.97. The van der Waals surface area contributed by atoms with Crippen molar-refractivity contribution < 1.29 is 4.39 Å². The number of benzene rings is 1. The zero-order chi connectivity index (χ0) is 15.2. The Bertz CT molecular complexity index is 574. The number of alkyl halides is 1. The van der Waals surface area contributed by atoms with E-state index in [1.54, 1.807) is 0 Å². The van der Waals surface area contributed by atoms with Crippen molar-refractivity contribution >= 4 is 11.9 Å². The largest absolute Gasteiger partial charge is 0.368 e. The molecule has 2 rings (SSSR count). The van der Waals surface area contributed by atoms with Gasteiger partial charge in [-0.15, -0.1) is 0 Å². The van der Waals surface area contributed by atoms with Crippen molar-refractivity contribution in [2.45, 2.75) is 38.9 Å². The second-order valence-corrected chi connectivity index (χ2v) is 5.06. The van der Waals surface area contributed by atoms with Gasteiger partial charge >= 0.3 is 0 Å². The molecule has 0 saturated heterocycles. The summed E-state index contributed by atoms with van der Waals surface area (Å²) >= 11 is 0. The van der Waals surface area contributed by atoms with Crippen LogP contribution in [0.2, 0.25) is 0 Å². The number of aromatic nitrogens is 3. The van der Waals surface area contributed by atoms with Gasteiger partial charge in [0.1, 0.15) is 0 Å². The lowest BCUT2D eigenvalue weighted by molar-refractivity contribution is 0.356. The standard InChI is InChI=1S/C15H20FN5/c1-10(8-9-12-6-4-3-5-7-12)18-15-20-13(11(2)16)19-14(17)21-15/h3-7,10-11H,8-9H2,1-2H3,(H3,17,18,19,20,21). The predicted octanol–water partition coefficient (Wildman–Crippen LogP) is 2.92. The quantitative estimate of drug-likeness (QED) is 0.855. The Hall–Kier alpha value is -2.24. The number of aryl methyl sites for hydroxylation is 1. The molecular weight excluding hydrogens is 269 g/mol. The fraction of sp³-hybridized carbons (Fsp3) is 0.400. The zero-order valence-corrected chi connectivity index (χ0v) is 12.3. The fourth-order valence-electron chi connectivity index (χ4n) is 1.97. The third-order valence-electron chi connectivity index (χ3n) is 3.11. The molecule has 2 atom stereocenters. The van der Waals surface area contributed by atoms with Crippen molar-refractivity contribution in [1.82, 2.24) is 15.0 Å². The van der Waals surface area contributed by atoms with Crippen molar-refractivity contribution in [2.24, 2.45) is 0 Å². The van der Waals surface area contributed by atoms with Crippen molar-refractivity contribution in [1.29, 1.82) is 0 Å². The first-order chi connectivity index (χ1) is 10.0. The SMILES string of the molecule is CC(CCc1ccccc1)Nc1nc(N)nc(C(C)F)n1. The molecule has 0 aliphatic rings. The Morgan fingerprint density at radius 1 is 1.14 bits per heavy atom. The van der Waals surface area contributed by atoms with Gasteiger partial charge in [0.2, 0.25) is 11.9 Å². The molecule has 5 nitrogen and oxygen atoms in total. The van der Waals surface area contributed by atoms with Crippen LogP contribution in [-0.4, -0.2) is 21.0 Å². The summed E-state index contributed by atoms with van der Waals surface area (Å²) in [6.07, 6.45) is 0.591. The summed E-state index contributed by atoms with van der Waals surface area (Å²) in [6, 6.07) is 10.4. The number of nitrogens with zero attached hydrogens (tertiary/aromatic N) is 3. The van der Waals surface area contributed by atoms with Crippen molar-refractivity contribution in [3.8, 4) is 0 Å². The number of anilines is 2. The first kappa shape index (κ1) is 15.2. The Morgan fingerprint density at radius 2 is 1.86 bits per heavy atom. The number of hydrogen-bond acceptors (Lipinski definition) is 5. The van der Waals surface area contributed by atoms with E-state index in [0.717, 1.165) is 12.8 Å². The van der Waals surface area contributed by atoms with E-state index in [0.29, 0.717) is 5.95 Å². The molecule has 3 N–H and O–H groups in total. The number of nitrogen functional groups attached to an aromatic ring is 1. The minimum absolute atomic E-state index is 0.0299. The molecule has 6 heteroatoms. The lowest BCUT2D eigenvalue weighted by Gasteiger charge is -2.14. The van der Waals surface area contributed by atoms with Gasteiger partial charge in [0.05, 0.1) is 0 Å². The predicted molar refractivity (Wildman–Crippen MR) is 81.6 cm³/mol. The molecule has 0 fully saturated rings. The summed E-state index contributed by atoms with van der Waals surface area (Å²) in [5.74, 6) is 0.407. The second kappa shape index (κ2) is 6.97. The summed E-state index contributed by atoms with van der Waals surface area (Å²) in [5.41, 5.74) is 6.85. The summed E-state index contributed by atoms with van der Waals surface area (Å²) in [6.45, 7) is 3.40. The van der Waals surface area contributed by atoms with Crippen LogP contribution in [0.1, 0.15) is 37.8 Å². The van der Waals surface area contributed by atoms with Gasteiger partial charge in [0.25, 0.3) is 0 Å². The first-order valence-electron chi connectivity index (χ1n) is 7.00. The van der Waals surface area contributed by atoms with E-state index in [1.165, 1.54) is 12.5 Å². The maximum absolute atomic E-state index is 13.3. The molecule has 0 bridgehead atoms. The first-order valence-corrected chi connectivity index (χ1v) is 7.00. The molecule has 1 aromatic heterocycles. The van der Waals surface area contributed by atoms with Gasteiger partial charge in [-0.2, -0.15) is 15.0 Å². The van der Waals surface area contributed by atoms with Gasteiger partial charge in [-0.05, 0) is 32.3 Å². The molecule has 0 radical (unpaired) electrons. The zero-order valence-electron chi connectivity index (χ0n) is 12.3. The lowest BCUT2D eigenvalue weighted by atomic mass is 10.1. The smallest absolute Gasteiger partial charge is 0.228 e. The maximum Gasteiger partial charge on any atom is 0.228 e. The number of rotatable bonds is 6. The molecule has 2 aromatic rings. The van der Waals surface area contributed by atoms with E-state index < -0.39 is 6.17 Å². The van der Waals surface area contributed by atoms with Crippen LogP contribution in [-0.2, 0) is 6.42 Å². The Balaban J connectivity index is 1.94. The molecule has 0 aliphatic heterocycles. The van der Waals surface area contributed by atoms with Gasteiger partial charge in [0.15, 0.2) is 12.0 Å². The van der Waals surface area contributed by atoms with Crippen molar-refractivity contribution in [3.05, 3.63) is 41.7 Å². The van der Waals surface area contributed by atoms with Crippen LogP contribution in [0.15, 0.2) is 30.3 Å². The average molecular weight is 289 g/mol. The van der Waals surface area contributed by atoms with Crippen molar-refractivity contribution in [2.75, 3.05) is 11.1 Å². The monoisotopic (exact) mass is 289 g/mol. The number of nitrogens with one attached hydrogen (secondary N) is 1. The Morgan fingerprint density at radius 3 is 2.52 bits per heavy atom. The normalized spacial score (nSPS) is 13.7. The van der Waals surface area contributed by atoms with E-state index in [9.17, 15) is 4.39 Å². The van der Waals surface area contributed by atoms with Gasteiger partial charge in [-0.1, -0.05) is 30.3 Å². The molecule has 2 unspecified atom stereocenters. The molecule has 0 saturated carbocycles. The van der Waals surface area contributed by atoms with Crippen LogP contribution < -0.4 is 11.1 Å². The van der Waals surface area contributed by atoms with E-state index in [-0.39, 0.29) is 17.8 Å². The van der Waals surface area contributed by atoms with E-state index >= 15 is 0 Å². The van der Waals surface area contributed by atoms with Crippen LogP contribution in [0, 0.1) is 0 Å². The topological polar surface area (TPSA) is 76.7 Å². The second-order valence-electron chi connectivity index (χ2n) is 5.06. The number of halogens is 1. The van der Waals surface area contributed by atoms with E-state index in [1.807, 2.05) is 25.1 Å². The molecule has 0 aliphatic carbocycles. The molecule has 112 valence electrons. The minimum Gasteiger partial charge on any atom is -0.368 e. The third kappa shape index (κ3) is 4.66. The highest BCUT2D eigenvalue weighted by molar-refractivity contribution is 5.32. The van der Waals surface area contributed by atoms with Crippen LogP contribution in [0.3, 0.4) is 0 Å². The van der Waals surface area contributed by atoms with Gasteiger partial charge in [0, 0.05) is 6.04 Å². The summed E-state index contributed by atoms with van der Waals surface area (Å²) in [7, 11) is 0. The highest BCUT2D eigenvalue weighted by Gasteiger charge is 2.12. The van der Waals surface area contributed by atoms with E-state index in [4.69, 9.17) is 5.73 Å². The highest BCUT2D eigenvalue weighted by atomic mass is 19.1. The minimum atomic E-state index is -1.27. The van der Waals surface area contributed by atoms with Crippen molar-refractivity contribution in [3.63, 3.8) is 0 Å². The third-order valence-corrected chi connectivity index (χ3v) is 3.11. The Labute approximate surface area is 123 Å². The van der Waals surface area contributed by atoms with Crippen LogP contribution in [0.25, 0.3) is 0 Å². The van der Waals surface area contributed by atoms with Crippen LogP contribution in [0.4, 0.5) is 16.3 Å².